The first-order chi connectivity index (χ1) is 10.2. The summed E-state index contributed by atoms with van der Waals surface area (Å²) in [6.07, 6.45) is 7.19. The Morgan fingerprint density at radius 3 is 3.00 bits per heavy atom. The summed E-state index contributed by atoms with van der Waals surface area (Å²) in [5.74, 6) is 0.867. The highest BCUT2D eigenvalue weighted by molar-refractivity contribution is 5.93. The Bertz CT molecular complexity index is 935. The van der Waals surface area contributed by atoms with Gasteiger partial charge in [-0.25, -0.2) is 14.5 Å². The van der Waals surface area contributed by atoms with Crippen LogP contribution < -0.4 is 4.90 Å². The van der Waals surface area contributed by atoms with E-state index >= 15 is 0 Å². The minimum atomic E-state index is 0.786. The standard InChI is InChI=1S/C14H13N7/c1-20(2)14-9-7-16-19-12(9)6-11(18-14)10-8-17-21-5-3-4-15-13(10)21/h3-8H,1-2H3,(H,16,19). The molecule has 0 atom stereocenters. The lowest BCUT2D eigenvalue weighted by molar-refractivity contribution is 0.939. The van der Waals surface area contributed by atoms with Crippen LogP contribution in [0.3, 0.4) is 0 Å². The fourth-order valence-electron chi connectivity index (χ4n) is 2.41. The van der Waals surface area contributed by atoms with E-state index in [1.54, 1.807) is 23.1 Å². The topological polar surface area (TPSA) is 75.0 Å². The molecule has 0 fully saturated rings. The van der Waals surface area contributed by atoms with Crippen LogP contribution >= 0.6 is 0 Å². The number of anilines is 1. The Labute approximate surface area is 120 Å². The molecule has 4 aromatic heterocycles. The molecule has 1 N–H and O–H groups in total. The summed E-state index contributed by atoms with van der Waals surface area (Å²) in [6, 6.07) is 3.82. The molecule has 0 radical (unpaired) electrons. The lowest BCUT2D eigenvalue weighted by atomic mass is 10.2. The Kier molecular flexibility index (Phi) is 2.41. The molecule has 7 heteroatoms. The fourth-order valence-corrected chi connectivity index (χ4v) is 2.41. The van der Waals surface area contributed by atoms with Crippen LogP contribution in [0.2, 0.25) is 0 Å². The van der Waals surface area contributed by atoms with Gasteiger partial charge < -0.3 is 4.90 Å². The van der Waals surface area contributed by atoms with E-state index in [0.717, 1.165) is 33.6 Å². The first-order valence-corrected chi connectivity index (χ1v) is 6.54. The SMILES string of the molecule is CN(C)c1nc(-c2cnn3cccnc23)cc2[nH]ncc12. The van der Waals surface area contributed by atoms with Gasteiger partial charge in [0.2, 0.25) is 0 Å². The maximum Gasteiger partial charge on any atom is 0.164 e. The van der Waals surface area contributed by atoms with Crippen LogP contribution in [-0.2, 0) is 0 Å². The van der Waals surface area contributed by atoms with Crippen molar-refractivity contribution >= 4 is 22.4 Å². The molecule has 0 saturated heterocycles. The van der Waals surface area contributed by atoms with Crippen molar-refractivity contribution < 1.29 is 0 Å². The lowest BCUT2D eigenvalue weighted by Crippen LogP contribution is -2.11. The van der Waals surface area contributed by atoms with E-state index < -0.39 is 0 Å². The molecule has 7 nitrogen and oxygen atoms in total. The number of aromatic amines is 1. The van der Waals surface area contributed by atoms with E-state index in [4.69, 9.17) is 4.98 Å². The second-order valence-corrected chi connectivity index (χ2v) is 5.00. The molecular formula is C14H13N7. The molecule has 0 spiro atoms. The van der Waals surface area contributed by atoms with Gasteiger partial charge in [0.1, 0.15) is 5.82 Å². The Balaban J connectivity index is 2.02. The number of hydrogen-bond acceptors (Lipinski definition) is 5. The van der Waals surface area contributed by atoms with E-state index in [2.05, 4.69) is 20.3 Å². The summed E-state index contributed by atoms with van der Waals surface area (Å²) in [4.78, 5) is 11.1. The van der Waals surface area contributed by atoms with Crippen molar-refractivity contribution in [1.82, 2.24) is 29.8 Å². The zero-order valence-corrected chi connectivity index (χ0v) is 11.6. The Morgan fingerprint density at radius 2 is 2.14 bits per heavy atom. The summed E-state index contributed by atoms with van der Waals surface area (Å²) in [7, 11) is 3.93. The quantitative estimate of drug-likeness (QED) is 0.605. The number of fused-ring (bicyclic) bond motifs is 2. The smallest absolute Gasteiger partial charge is 0.164 e. The molecule has 0 aliphatic heterocycles. The van der Waals surface area contributed by atoms with Gasteiger partial charge in [-0.3, -0.25) is 5.10 Å². The van der Waals surface area contributed by atoms with Crippen molar-refractivity contribution in [3.63, 3.8) is 0 Å². The van der Waals surface area contributed by atoms with E-state index in [-0.39, 0.29) is 0 Å². The zero-order valence-electron chi connectivity index (χ0n) is 11.6. The molecule has 0 saturated carbocycles. The Morgan fingerprint density at radius 1 is 1.24 bits per heavy atom. The summed E-state index contributed by atoms with van der Waals surface area (Å²) in [5.41, 5.74) is 3.45. The predicted octanol–water partition coefficient (Wildman–Crippen LogP) is 1.73. The molecular weight excluding hydrogens is 266 g/mol. The van der Waals surface area contributed by atoms with E-state index in [9.17, 15) is 0 Å². The highest BCUT2D eigenvalue weighted by Crippen LogP contribution is 2.29. The minimum Gasteiger partial charge on any atom is -0.362 e. The number of pyridine rings is 1. The van der Waals surface area contributed by atoms with Crippen molar-refractivity contribution in [2.45, 2.75) is 0 Å². The van der Waals surface area contributed by atoms with Crippen LogP contribution in [0, 0.1) is 0 Å². The first-order valence-electron chi connectivity index (χ1n) is 6.54. The van der Waals surface area contributed by atoms with Gasteiger partial charge in [0.25, 0.3) is 0 Å². The second-order valence-electron chi connectivity index (χ2n) is 5.00. The predicted molar refractivity (Wildman–Crippen MR) is 80.2 cm³/mol. The van der Waals surface area contributed by atoms with Gasteiger partial charge in [0, 0.05) is 26.5 Å². The number of hydrogen-bond donors (Lipinski definition) is 1. The van der Waals surface area contributed by atoms with Gasteiger partial charge in [-0.05, 0) is 12.1 Å². The van der Waals surface area contributed by atoms with Crippen molar-refractivity contribution in [2.24, 2.45) is 0 Å². The number of H-pyrrole nitrogens is 1. The van der Waals surface area contributed by atoms with Crippen LogP contribution in [0.5, 0.6) is 0 Å². The highest BCUT2D eigenvalue weighted by Gasteiger charge is 2.14. The molecule has 0 aliphatic rings. The summed E-state index contributed by atoms with van der Waals surface area (Å²) >= 11 is 0. The number of aromatic nitrogens is 6. The maximum atomic E-state index is 4.74. The third-order valence-electron chi connectivity index (χ3n) is 3.40. The molecule has 104 valence electrons. The third kappa shape index (κ3) is 1.74. The van der Waals surface area contributed by atoms with Crippen LogP contribution in [0.1, 0.15) is 0 Å². The van der Waals surface area contributed by atoms with Crippen LogP contribution in [0.4, 0.5) is 5.82 Å². The van der Waals surface area contributed by atoms with Crippen molar-refractivity contribution in [2.75, 3.05) is 19.0 Å². The van der Waals surface area contributed by atoms with Crippen molar-refractivity contribution in [1.29, 1.82) is 0 Å². The number of rotatable bonds is 2. The Hall–Kier alpha value is -2.96. The second kappa shape index (κ2) is 4.27. The number of nitrogens with zero attached hydrogens (tertiary/aromatic N) is 6. The molecule has 21 heavy (non-hydrogen) atoms. The fraction of sp³-hybridized carbons (Fsp3) is 0.143. The molecule has 0 aromatic carbocycles. The molecule has 0 amide bonds. The van der Waals surface area contributed by atoms with Gasteiger partial charge in [0.15, 0.2) is 5.65 Å². The molecule has 0 unspecified atom stereocenters. The van der Waals surface area contributed by atoms with E-state index in [1.807, 2.05) is 37.3 Å². The van der Waals surface area contributed by atoms with Crippen LogP contribution in [-0.4, -0.2) is 43.9 Å². The average Bonchev–Trinajstić information content (AvgIpc) is 3.12. The van der Waals surface area contributed by atoms with E-state index in [0.29, 0.717) is 0 Å². The highest BCUT2D eigenvalue weighted by atomic mass is 15.2. The first kappa shape index (κ1) is 11.8. The van der Waals surface area contributed by atoms with Crippen LogP contribution in [0.25, 0.3) is 27.8 Å². The summed E-state index contributed by atoms with van der Waals surface area (Å²) < 4.78 is 1.74. The molecule has 0 aliphatic carbocycles. The molecule has 4 rings (SSSR count). The van der Waals surface area contributed by atoms with E-state index in [1.165, 1.54) is 0 Å². The van der Waals surface area contributed by atoms with Crippen molar-refractivity contribution in [3.05, 3.63) is 36.9 Å². The normalized spacial score (nSPS) is 11.3. The third-order valence-corrected chi connectivity index (χ3v) is 3.40. The average molecular weight is 279 g/mol. The largest absolute Gasteiger partial charge is 0.362 e. The number of nitrogens with one attached hydrogen (secondary N) is 1. The minimum absolute atomic E-state index is 0.786. The molecule has 0 bridgehead atoms. The van der Waals surface area contributed by atoms with Gasteiger partial charge in [-0.15, -0.1) is 0 Å². The summed E-state index contributed by atoms with van der Waals surface area (Å²) in [6.45, 7) is 0. The maximum absolute atomic E-state index is 4.74. The van der Waals surface area contributed by atoms with Crippen molar-refractivity contribution in [3.8, 4) is 11.3 Å². The molecule has 4 aromatic rings. The lowest BCUT2D eigenvalue weighted by Gasteiger charge is -2.13. The molecule has 4 heterocycles. The van der Waals surface area contributed by atoms with Gasteiger partial charge in [0.05, 0.1) is 34.6 Å². The van der Waals surface area contributed by atoms with Crippen LogP contribution in [0.15, 0.2) is 36.9 Å². The zero-order chi connectivity index (χ0) is 14.4. The monoisotopic (exact) mass is 279 g/mol. The van der Waals surface area contributed by atoms with Gasteiger partial charge in [-0.2, -0.15) is 10.2 Å². The van der Waals surface area contributed by atoms with Gasteiger partial charge in [-0.1, -0.05) is 0 Å². The summed E-state index contributed by atoms with van der Waals surface area (Å²) in [5, 5.41) is 12.4. The van der Waals surface area contributed by atoms with Gasteiger partial charge >= 0.3 is 0 Å².